The number of benzene rings is 8. The van der Waals surface area contributed by atoms with Crippen molar-refractivity contribution in [3.8, 4) is 39.1 Å². The zero-order chi connectivity index (χ0) is 33.3. The maximum atomic E-state index is 2.41. The minimum atomic E-state index is 1.12. The summed E-state index contributed by atoms with van der Waals surface area (Å²) in [5.74, 6) is 0. The van der Waals surface area contributed by atoms with Crippen LogP contribution in [0.1, 0.15) is 0 Å². The van der Waals surface area contributed by atoms with Crippen LogP contribution in [0.5, 0.6) is 0 Å². The molecule has 2 nitrogen and oxygen atoms in total. The van der Waals surface area contributed by atoms with E-state index < -0.39 is 0 Å². The minimum absolute atomic E-state index is 1.12. The molecule has 0 fully saturated rings. The Morgan fingerprint density at radius 2 is 0.860 bits per heavy atom. The molecule has 0 unspecified atom stereocenters. The van der Waals surface area contributed by atoms with Crippen LogP contribution in [-0.4, -0.2) is 4.57 Å². The zero-order valence-electron chi connectivity index (χ0n) is 27.5. The Balaban J connectivity index is 1.25. The van der Waals surface area contributed by atoms with Crippen molar-refractivity contribution >= 4 is 38.9 Å². The van der Waals surface area contributed by atoms with Crippen LogP contribution in [0, 0.1) is 0 Å². The van der Waals surface area contributed by atoms with Gasteiger partial charge in [0.1, 0.15) is 0 Å². The molecule has 236 valence electrons. The molecule has 0 saturated heterocycles. The quantitative estimate of drug-likeness (QED) is 0.169. The lowest BCUT2D eigenvalue weighted by molar-refractivity contribution is 1.18. The number of fused-ring (bicyclic) bond motifs is 3. The summed E-state index contributed by atoms with van der Waals surface area (Å²) in [5.41, 5.74) is 14.1. The molecule has 8 aromatic carbocycles. The molecule has 0 aliphatic rings. The number of nitrogens with zero attached hydrogens (tertiary/aromatic N) is 2. The van der Waals surface area contributed by atoms with E-state index in [4.69, 9.17) is 0 Å². The van der Waals surface area contributed by atoms with E-state index in [1.807, 2.05) is 0 Å². The average Bonchev–Trinajstić information content (AvgIpc) is 3.53. The van der Waals surface area contributed by atoms with Gasteiger partial charge in [-0.05, 0) is 88.5 Å². The lowest BCUT2D eigenvalue weighted by atomic mass is 9.92. The normalized spacial score (nSPS) is 11.2. The van der Waals surface area contributed by atoms with Crippen molar-refractivity contribution in [1.82, 2.24) is 4.57 Å². The molecule has 0 spiro atoms. The molecule has 0 saturated carbocycles. The van der Waals surface area contributed by atoms with Crippen LogP contribution in [0.4, 0.5) is 17.1 Å². The van der Waals surface area contributed by atoms with E-state index in [0.29, 0.717) is 0 Å². The summed E-state index contributed by atoms with van der Waals surface area (Å²) in [7, 11) is 0. The number of para-hydroxylation sites is 4. The highest BCUT2D eigenvalue weighted by molar-refractivity contribution is 6.11. The minimum Gasteiger partial charge on any atom is -0.310 e. The molecule has 0 bridgehead atoms. The summed E-state index contributed by atoms with van der Waals surface area (Å²) in [6.07, 6.45) is 0. The molecule has 0 atom stereocenters. The highest BCUT2D eigenvalue weighted by atomic mass is 15.1. The van der Waals surface area contributed by atoms with Crippen LogP contribution in [0.2, 0.25) is 0 Å². The van der Waals surface area contributed by atoms with E-state index in [2.05, 4.69) is 216 Å². The van der Waals surface area contributed by atoms with Gasteiger partial charge >= 0.3 is 0 Å². The molecule has 1 heterocycles. The highest BCUT2D eigenvalue weighted by Gasteiger charge is 2.20. The van der Waals surface area contributed by atoms with E-state index in [9.17, 15) is 0 Å². The third-order valence-electron chi connectivity index (χ3n) is 9.59. The van der Waals surface area contributed by atoms with Crippen LogP contribution in [-0.2, 0) is 0 Å². The Bertz CT molecular complexity index is 2530. The molecular formula is C48H34N2. The zero-order valence-corrected chi connectivity index (χ0v) is 27.5. The molecule has 0 aliphatic carbocycles. The van der Waals surface area contributed by atoms with Crippen molar-refractivity contribution in [1.29, 1.82) is 0 Å². The van der Waals surface area contributed by atoms with Gasteiger partial charge in [-0.1, -0.05) is 146 Å². The lowest BCUT2D eigenvalue weighted by Crippen LogP contribution is -2.11. The largest absolute Gasteiger partial charge is 0.310 e. The molecule has 2 heteroatoms. The number of hydrogen-bond acceptors (Lipinski definition) is 1. The van der Waals surface area contributed by atoms with Crippen molar-refractivity contribution < 1.29 is 0 Å². The molecule has 50 heavy (non-hydrogen) atoms. The summed E-state index contributed by atoms with van der Waals surface area (Å²) in [5, 5.41) is 2.49. The van der Waals surface area contributed by atoms with Crippen molar-refractivity contribution in [2.45, 2.75) is 0 Å². The van der Waals surface area contributed by atoms with Gasteiger partial charge < -0.3 is 9.47 Å². The Kier molecular flexibility index (Phi) is 7.53. The first kappa shape index (κ1) is 29.5. The Hall–Kier alpha value is -6.64. The predicted molar refractivity (Wildman–Crippen MR) is 212 cm³/mol. The van der Waals surface area contributed by atoms with Gasteiger partial charge in [0.25, 0.3) is 0 Å². The Labute approximate surface area is 292 Å². The monoisotopic (exact) mass is 638 g/mol. The first-order valence-electron chi connectivity index (χ1n) is 17.1. The molecule has 9 aromatic rings. The maximum absolute atomic E-state index is 2.41. The molecule has 1 aromatic heterocycles. The maximum Gasteiger partial charge on any atom is 0.0547 e. The van der Waals surface area contributed by atoms with E-state index >= 15 is 0 Å². The summed E-state index contributed by atoms with van der Waals surface area (Å²) >= 11 is 0. The second-order valence-electron chi connectivity index (χ2n) is 12.6. The first-order chi connectivity index (χ1) is 24.8. The summed E-state index contributed by atoms with van der Waals surface area (Å²) in [4.78, 5) is 2.35. The first-order valence-corrected chi connectivity index (χ1v) is 17.1. The average molecular weight is 639 g/mol. The summed E-state index contributed by atoms with van der Waals surface area (Å²) in [6, 6.07) is 74.0. The van der Waals surface area contributed by atoms with Crippen LogP contribution in [0.25, 0.3) is 60.9 Å². The molecular weight excluding hydrogens is 605 g/mol. The fraction of sp³-hybridized carbons (Fsp3) is 0. The third-order valence-corrected chi connectivity index (χ3v) is 9.59. The van der Waals surface area contributed by atoms with Crippen LogP contribution in [0.3, 0.4) is 0 Å². The summed E-state index contributed by atoms with van der Waals surface area (Å²) in [6.45, 7) is 0. The van der Waals surface area contributed by atoms with Gasteiger partial charge in [-0.15, -0.1) is 0 Å². The number of rotatable bonds is 7. The number of anilines is 3. The molecule has 0 N–H and O–H groups in total. The van der Waals surface area contributed by atoms with E-state index in [1.165, 1.54) is 55.2 Å². The van der Waals surface area contributed by atoms with Crippen molar-refractivity contribution in [2.75, 3.05) is 4.90 Å². The SMILES string of the molecule is c1ccc(-c2ccc3c(c2)c2ccc(-c4ccccc4-c4ccccc4N(c4ccccc4)c4ccccc4)cc2n3-c2ccccc2)cc1. The second-order valence-corrected chi connectivity index (χ2v) is 12.6. The molecule has 0 aliphatic heterocycles. The van der Waals surface area contributed by atoms with Crippen molar-refractivity contribution in [3.63, 3.8) is 0 Å². The Morgan fingerprint density at radius 1 is 0.320 bits per heavy atom. The van der Waals surface area contributed by atoms with Crippen LogP contribution in [0.15, 0.2) is 206 Å². The second kappa shape index (κ2) is 12.8. The van der Waals surface area contributed by atoms with Gasteiger partial charge in [0.2, 0.25) is 0 Å². The number of hydrogen-bond donors (Lipinski definition) is 0. The molecule has 0 amide bonds. The fourth-order valence-corrected chi connectivity index (χ4v) is 7.30. The predicted octanol–water partition coefficient (Wildman–Crippen LogP) is 13.3. The standard InChI is InChI=1S/C48H34N2/c1-5-17-35(18-6-1)36-30-32-47-45(33-36)44-31-29-37(34-48(44)50(47)40-23-11-4-12-24-40)41-25-13-14-26-42(41)43-27-15-16-28-46(43)49(38-19-7-2-8-20-38)39-21-9-3-10-22-39/h1-34H. The van der Waals surface area contributed by atoms with Crippen LogP contribution < -0.4 is 4.90 Å². The lowest BCUT2D eigenvalue weighted by Gasteiger charge is -2.28. The van der Waals surface area contributed by atoms with Gasteiger partial charge in [0.05, 0.1) is 16.7 Å². The van der Waals surface area contributed by atoms with Gasteiger partial charge in [0.15, 0.2) is 0 Å². The Morgan fingerprint density at radius 3 is 1.54 bits per heavy atom. The number of aromatic nitrogens is 1. The van der Waals surface area contributed by atoms with E-state index in [0.717, 1.165) is 22.7 Å². The smallest absolute Gasteiger partial charge is 0.0547 e. The third kappa shape index (κ3) is 5.24. The summed E-state index contributed by atoms with van der Waals surface area (Å²) < 4.78 is 2.41. The molecule has 0 radical (unpaired) electrons. The fourth-order valence-electron chi connectivity index (χ4n) is 7.30. The molecule has 9 rings (SSSR count). The van der Waals surface area contributed by atoms with Gasteiger partial charge in [-0.3, -0.25) is 0 Å². The van der Waals surface area contributed by atoms with Crippen LogP contribution >= 0.6 is 0 Å². The highest BCUT2D eigenvalue weighted by Crippen LogP contribution is 2.44. The van der Waals surface area contributed by atoms with Gasteiger partial charge in [-0.25, -0.2) is 0 Å². The van der Waals surface area contributed by atoms with E-state index in [-0.39, 0.29) is 0 Å². The van der Waals surface area contributed by atoms with Gasteiger partial charge in [-0.2, -0.15) is 0 Å². The topological polar surface area (TPSA) is 8.17 Å². The van der Waals surface area contributed by atoms with Crippen molar-refractivity contribution in [3.05, 3.63) is 206 Å². The van der Waals surface area contributed by atoms with Gasteiger partial charge in [0, 0.05) is 33.4 Å². The van der Waals surface area contributed by atoms with Crippen molar-refractivity contribution in [2.24, 2.45) is 0 Å². The van der Waals surface area contributed by atoms with E-state index in [1.54, 1.807) is 0 Å².